The molecule has 0 aliphatic carbocycles. The van der Waals surface area contributed by atoms with Crippen LogP contribution in [0.1, 0.15) is 61.7 Å². The van der Waals surface area contributed by atoms with Gasteiger partial charge in [-0.25, -0.2) is 4.99 Å². The van der Waals surface area contributed by atoms with E-state index in [0.29, 0.717) is 18.8 Å². The number of thioether (sulfide) groups is 1. The second kappa shape index (κ2) is 8.83. The van der Waals surface area contributed by atoms with Crippen molar-refractivity contribution in [3.63, 3.8) is 0 Å². The number of ether oxygens (including phenoxy) is 2. The van der Waals surface area contributed by atoms with Gasteiger partial charge in [0.25, 0.3) is 5.56 Å². The first-order valence-corrected chi connectivity index (χ1v) is 12.1. The predicted molar refractivity (Wildman–Crippen MR) is 131 cm³/mol. The lowest BCUT2D eigenvalue weighted by atomic mass is 9.94. The van der Waals surface area contributed by atoms with Gasteiger partial charge in [-0.05, 0) is 51.8 Å². The topological polar surface area (TPSA) is 81.5 Å². The zero-order chi connectivity index (χ0) is 23.0. The van der Waals surface area contributed by atoms with Gasteiger partial charge in [0.15, 0.2) is 5.82 Å². The molecule has 2 aliphatic heterocycles. The van der Waals surface area contributed by atoms with E-state index in [1.165, 1.54) is 0 Å². The number of hydrogen-bond donors (Lipinski definition) is 1. The molecule has 0 unspecified atom stereocenters. The monoisotopic (exact) mass is 464 g/mol. The second-order valence-corrected chi connectivity index (χ2v) is 10.4. The number of aliphatic imine (C=N–C) groups is 1. The standard InChI is InChI=1S/C25H28N4O3S/c1-16-27-23-21(24(30)28-29(23)18-11-13-32-25(2,3)14-18)22(33-16)19-9-4-5-10-20(19)31-15-17-8-6-7-12-26-17/h4-10,12,18,22H,11,13-15H2,1-3H3,(H,28,30)/t18-,22-/m0/s1. The minimum absolute atomic E-state index is 0.0948. The maximum atomic E-state index is 13.2. The van der Waals surface area contributed by atoms with Gasteiger partial charge in [0.2, 0.25) is 0 Å². The predicted octanol–water partition coefficient (Wildman–Crippen LogP) is 5.17. The number of aromatic amines is 1. The first-order chi connectivity index (χ1) is 15.9. The smallest absolute Gasteiger partial charge is 0.271 e. The van der Waals surface area contributed by atoms with Crippen molar-refractivity contribution in [2.45, 2.75) is 57.1 Å². The quantitative estimate of drug-likeness (QED) is 0.564. The minimum atomic E-state index is -0.232. The van der Waals surface area contributed by atoms with Crippen LogP contribution in [0.4, 0.5) is 5.82 Å². The van der Waals surface area contributed by atoms with Crippen LogP contribution in [-0.4, -0.2) is 32.0 Å². The molecule has 4 heterocycles. The van der Waals surface area contributed by atoms with Crippen LogP contribution in [-0.2, 0) is 11.3 Å². The highest BCUT2D eigenvalue weighted by Crippen LogP contribution is 2.47. The molecule has 2 atom stereocenters. The highest BCUT2D eigenvalue weighted by molar-refractivity contribution is 8.14. The van der Waals surface area contributed by atoms with Crippen molar-refractivity contribution < 1.29 is 9.47 Å². The van der Waals surface area contributed by atoms with Gasteiger partial charge in [-0.15, -0.1) is 0 Å². The number of rotatable bonds is 5. The molecule has 1 N–H and O–H groups in total. The molecule has 2 aliphatic rings. The third-order valence-corrected chi connectivity index (χ3v) is 7.25. The molecule has 33 heavy (non-hydrogen) atoms. The van der Waals surface area contributed by atoms with Crippen molar-refractivity contribution in [2.24, 2.45) is 4.99 Å². The summed E-state index contributed by atoms with van der Waals surface area (Å²) in [4.78, 5) is 22.4. The van der Waals surface area contributed by atoms with E-state index < -0.39 is 0 Å². The summed E-state index contributed by atoms with van der Waals surface area (Å²) < 4.78 is 14.0. The lowest BCUT2D eigenvalue weighted by Crippen LogP contribution is -2.35. The molecule has 1 saturated heterocycles. The summed E-state index contributed by atoms with van der Waals surface area (Å²) in [5.74, 6) is 1.48. The number of para-hydroxylation sites is 1. The lowest BCUT2D eigenvalue weighted by Gasteiger charge is -2.36. The Labute approximate surface area is 197 Å². The van der Waals surface area contributed by atoms with E-state index in [0.717, 1.165) is 40.7 Å². The summed E-state index contributed by atoms with van der Waals surface area (Å²) in [5.41, 5.74) is 2.17. The Balaban J connectivity index is 1.51. The van der Waals surface area contributed by atoms with E-state index in [4.69, 9.17) is 14.5 Å². The largest absolute Gasteiger partial charge is 0.487 e. The normalized spacial score (nSPS) is 21.8. The number of hydrogen-bond acceptors (Lipinski definition) is 6. The third kappa shape index (κ3) is 4.50. The molecule has 3 aromatic rings. The summed E-state index contributed by atoms with van der Waals surface area (Å²) in [7, 11) is 0. The number of nitrogens with zero attached hydrogens (tertiary/aromatic N) is 3. The Morgan fingerprint density at radius 3 is 2.85 bits per heavy atom. The lowest BCUT2D eigenvalue weighted by molar-refractivity contribution is -0.0705. The van der Waals surface area contributed by atoms with E-state index in [-0.39, 0.29) is 22.5 Å². The van der Waals surface area contributed by atoms with E-state index in [9.17, 15) is 4.79 Å². The Hall–Kier alpha value is -2.84. The molecule has 2 aromatic heterocycles. The Bertz CT molecular complexity index is 1230. The number of H-pyrrole nitrogens is 1. The number of pyridine rings is 1. The van der Waals surface area contributed by atoms with Gasteiger partial charge in [-0.3, -0.25) is 19.6 Å². The zero-order valence-electron chi connectivity index (χ0n) is 19.1. The highest BCUT2D eigenvalue weighted by atomic mass is 32.2. The van der Waals surface area contributed by atoms with Crippen molar-refractivity contribution in [3.8, 4) is 5.75 Å². The average molecular weight is 465 g/mol. The SMILES string of the molecule is CC1=Nc2c(c(=O)[nH]n2[C@H]2CCOC(C)(C)C2)[C@H](c2ccccc2OCc2ccccn2)S1. The molecule has 0 radical (unpaired) electrons. The molecule has 7 nitrogen and oxygen atoms in total. The van der Waals surface area contributed by atoms with Gasteiger partial charge in [-0.1, -0.05) is 36.0 Å². The second-order valence-electron chi connectivity index (χ2n) is 9.08. The van der Waals surface area contributed by atoms with E-state index in [1.54, 1.807) is 18.0 Å². The van der Waals surface area contributed by atoms with Gasteiger partial charge in [0.1, 0.15) is 12.4 Å². The molecular weight excluding hydrogens is 436 g/mol. The van der Waals surface area contributed by atoms with Gasteiger partial charge in [0, 0.05) is 18.4 Å². The maximum Gasteiger partial charge on any atom is 0.271 e. The number of benzene rings is 1. The summed E-state index contributed by atoms with van der Waals surface area (Å²) in [6.07, 6.45) is 3.42. The van der Waals surface area contributed by atoms with Crippen LogP contribution in [0.5, 0.6) is 5.75 Å². The molecule has 0 saturated carbocycles. The molecule has 1 fully saturated rings. The fourth-order valence-corrected chi connectivity index (χ4v) is 5.71. The van der Waals surface area contributed by atoms with Crippen LogP contribution in [0.3, 0.4) is 0 Å². The van der Waals surface area contributed by atoms with Gasteiger partial charge < -0.3 is 9.47 Å². The van der Waals surface area contributed by atoms with Gasteiger partial charge >= 0.3 is 0 Å². The number of fused-ring (bicyclic) bond motifs is 1. The molecular formula is C25H28N4O3S. The summed E-state index contributed by atoms with van der Waals surface area (Å²) in [6, 6.07) is 13.8. The molecule has 172 valence electrons. The zero-order valence-corrected chi connectivity index (χ0v) is 19.9. The first kappa shape index (κ1) is 22.0. The van der Waals surface area contributed by atoms with Crippen molar-refractivity contribution >= 4 is 22.6 Å². The van der Waals surface area contributed by atoms with Gasteiger partial charge in [0.05, 0.1) is 33.2 Å². The summed E-state index contributed by atoms with van der Waals surface area (Å²) >= 11 is 1.59. The fourth-order valence-electron chi connectivity index (χ4n) is 4.58. The Morgan fingerprint density at radius 1 is 1.24 bits per heavy atom. The molecule has 5 rings (SSSR count). The van der Waals surface area contributed by atoms with Crippen molar-refractivity contribution in [3.05, 3.63) is 75.8 Å². The molecule has 0 bridgehead atoms. The summed E-state index contributed by atoms with van der Waals surface area (Å²) in [5, 5.41) is 3.82. The number of aromatic nitrogens is 3. The highest BCUT2D eigenvalue weighted by Gasteiger charge is 2.36. The van der Waals surface area contributed by atoms with Crippen molar-refractivity contribution in [1.82, 2.24) is 14.8 Å². The average Bonchev–Trinajstić information content (AvgIpc) is 3.13. The third-order valence-electron chi connectivity index (χ3n) is 6.09. The van der Waals surface area contributed by atoms with E-state index in [2.05, 4.69) is 23.9 Å². The Morgan fingerprint density at radius 2 is 2.06 bits per heavy atom. The van der Waals surface area contributed by atoms with E-state index >= 15 is 0 Å². The number of nitrogens with one attached hydrogen (secondary N) is 1. The van der Waals surface area contributed by atoms with Crippen LogP contribution in [0, 0.1) is 0 Å². The van der Waals surface area contributed by atoms with Crippen LogP contribution >= 0.6 is 11.8 Å². The molecule has 0 spiro atoms. The first-order valence-electron chi connectivity index (χ1n) is 11.2. The molecule has 0 amide bonds. The molecule has 1 aromatic carbocycles. The summed E-state index contributed by atoms with van der Waals surface area (Å²) in [6.45, 7) is 7.21. The van der Waals surface area contributed by atoms with E-state index in [1.807, 2.05) is 54.1 Å². The van der Waals surface area contributed by atoms with Crippen molar-refractivity contribution in [1.29, 1.82) is 0 Å². The van der Waals surface area contributed by atoms with Gasteiger partial charge in [-0.2, -0.15) is 0 Å². The van der Waals surface area contributed by atoms with Crippen LogP contribution in [0.15, 0.2) is 58.4 Å². The Kier molecular flexibility index (Phi) is 5.88. The van der Waals surface area contributed by atoms with Crippen LogP contribution in [0.25, 0.3) is 0 Å². The fraction of sp³-hybridized carbons (Fsp3) is 0.400. The molecule has 8 heteroatoms. The maximum absolute atomic E-state index is 13.2. The van der Waals surface area contributed by atoms with Crippen LogP contribution < -0.4 is 10.3 Å². The minimum Gasteiger partial charge on any atom is -0.487 e. The van der Waals surface area contributed by atoms with Crippen molar-refractivity contribution in [2.75, 3.05) is 6.61 Å². The van der Waals surface area contributed by atoms with Crippen LogP contribution in [0.2, 0.25) is 0 Å².